The summed E-state index contributed by atoms with van der Waals surface area (Å²) in [6.45, 7) is 8.03. The van der Waals surface area contributed by atoms with E-state index in [2.05, 4.69) is 22.9 Å². The number of carbonyl (C=O) groups excluding carboxylic acids is 2. The average molecular weight is 329 g/mol. The summed E-state index contributed by atoms with van der Waals surface area (Å²) in [7, 11) is 0. The quantitative estimate of drug-likeness (QED) is 0.361. The predicted molar refractivity (Wildman–Crippen MR) is 95.1 cm³/mol. The summed E-state index contributed by atoms with van der Waals surface area (Å²) in [5.74, 6) is -0.193. The molecule has 0 aliphatic rings. The van der Waals surface area contributed by atoms with Crippen molar-refractivity contribution in [2.24, 2.45) is 5.73 Å². The molecule has 0 heterocycles. The third-order valence-electron chi connectivity index (χ3n) is 3.58. The largest absolute Gasteiger partial charge is 0.354 e. The number of rotatable bonds is 14. The van der Waals surface area contributed by atoms with Crippen molar-refractivity contribution in [1.82, 2.24) is 16.0 Å². The van der Waals surface area contributed by atoms with Crippen molar-refractivity contribution in [3.05, 3.63) is 0 Å². The number of unbranched alkanes of at least 4 members (excludes halogenated alkanes) is 3. The molecule has 6 nitrogen and oxygen atoms in total. The van der Waals surface area contributed by atoms with Crippen LogP contribution in [-0.2, 0) is 9.59 Å². The molecule has 0 aromatic carbocycles. The van der Waals surface area contributed by atoms with Gasteiger partial charge in [0.05, 0.1) is 0 Å². The molecule has 2 amide bonds. The molecule has 0 aromatic rings. The zero-order valence-electron chi connectivity index (χ0n) is 15.1. The molecule has 0 aliphatic carbocycles. The lowest BCUT2D eigenvalue weighted by Crippen LogP contribution is -2.47. The van der Waals surface area contributed by atoms with Gasteiger partial charge in [0.2, 0.25) is 11.8 Å². The average Bonchev–Trinajstić information content (AvgIpc) is 2.50. The highest BCUT2D eigenvalue weighted by Crippen LogP contribution is 2.00. The molecule has 0 aromatic heterocycles. The molecule has 0 saturated heterocycles. The monoisotopic (exact) mass is 328 g/mol. The highest BCUT2D eigenvalue weighted by atomic mass is 16.2. The number of hydrogen-bond donors (Lipinski definition) is 4. The van der Waals surface area contributed by atoms with E-state index < -0.39 is 6.04 Å². The summed E-state index contributed by atoms with van der Waals surface area (Å²) in [6.07, 6.45) is 6.15. The van der Waals surface area contributed by atoms with E-state index in [1.807, 2.05) is 13.8 Å². The minimum Gasteiger partial charge on any atom is -0.354 e. The van der Waals surface area contributed by atoms with Crippen molar-refractivity contribution in [3.8, 4) is 0 Å². The first kappa shape index (κ1) is 21.9. The van der Waals surface area contributed by atoms with Gasteiger partial charge in [0.15, 0.2) is 0 Å². The lowest BCUT2D eigenvalue weighted by molar-refractivity contribution is -0.129. The second kappa shape index (κ2) is 14.5. The Morgan fingerprint density at radius 1 is 1.04 bits per heavy atom. The maximum Gasteiger partial charge on any atom is 0.242 e. The summed E-state index contributed by atoms with van der Waals surface area (Å²) in [5.41, 5.74) is 5.52. The van der Waals surface area contributed by atoms with E-state index in [1.165, 1.54) is 12.8 Å². The first-order valence-corrected chi connectivity index (χ1v) is 9.01. The first-order valence-electron chi connectivity index (χ1n) is 9.01. The van der Waals surface area contributed by atoms with Crippen LogP contribution in [0.2, 0.25) is 0 Å². The smallest absolute Gasteiger partial charge is 0.242 e. The van der Waals surface area contributed by atoms with Gasteiger partial charge < -0.3 is 21.7 Å². The van der Waals surface area contributed by atoms with E-state index in [0.29, 0.717) is 38.5 Å². The Kier molecular flexibility index (Phi) is 13.7. The molecular weight excluding hydrogens is 292 g/mol. The zero-order chi connectivity index (χ0) is 17.5. The molecule has 6 heteroatoms. The summed E-state index contributed by atoms with van der Waals surface area (Å²) < 4.78 is 0. The van der Waals surface area contributed by atoms with Gasteiger partial charge in [-0.15, -0.1) is 0 Å². The zero-order valence-corrected chi connectivity index (χ0v) is 15.1. The fourth-order valence-corrected chi connectivity index (χ4v) is 2.22. The molecule has 0 spiro atoms. The summed E-state index contributed by atoms with van der Waals surface area (Å²) in [6, 6.07) is -0.126. The van der Waals surface area contributed by atoms with Gasteiger partial charge >= 0.3 is 0 Å². The van der Waals surface area contributed by atoms with Crippen LogP contribution in [0.4, 0.5) is 0 Å². The molecule has 0 saturated carbocycles. The third-order valence-corrected chi connectivity index (χ3v) is 3.58. The van der Waals surface area contributed by atoms with E-state index in [1.54, 1.807) is 0 Å². The first-order chi connectivity index (χ1) is 11.0. The van der Waals surface area contributed by atoms with Gasteiger partial charge in [-0.3, -0.25) is 9.59 Å². The fraction of sp³-hybridized carbons (Fsp3) is 0.882. The Labute approximate surface area is 141 Å². The minimum absolute atomic E-state index is 0.0960. The van der Waals surface area contributed by atoms with E-state index >= 15 is 0 Å². The highest BCUT2D eigenvalue weighted by Gasteiger charge is 2.19. The van der Waals surface area contributed by atoms with Gasteiger partial charge in [-0.1, -0.05) is 40.0 Å². The molecule has 0 rings (SSSR count). The van der Waals surface area contributed by atoms with Gasteiger partial charge in [0.1, 0.15) is 6.04 Å². The number of amides is 2. The normalized spacial score (nSPS) is 12.2. The Morgan fingerprint density at radius 2 is 1.78 bits per heavy atom. The fourth-order valence-electron chi connectivity index (χ4n) is 2.22. The maximum atomic E-state index is 12.2. The van der Waals surface area contributed by atoms with Gasteiger partial charge in [0, 0.05) is 25.6 Å². The molecule has 0 bridgehead atoms. The van der Waals surface area contributed by atoms with Crippen molar-refractivity contribution < 1.29 is 9.59 Å². The van der Waals surface area contributed by atoms with E-state index in [4.69, 9.17) is 5.73 Å². The van der Waals surface area contributed by atoms with Gasteiger partial charge in [0.25, 0.3) is 0 Å². The third kappa shape index (κ3) is 13.0. The summed E-state index contributed by atoms with van der Waals surface area (Å²) in [5, 5.41) is 8.95. The molecule has 23 heavy (non-hydrogen) atoms. The number of carbonyl (C=O) groups is 2. The van der Waals surface area contributed by atoms with Crippen molar-refractivity contribution in [2.45, 2.75) is 77.8 Å². The Hall–Kier alpha value is -1.14. The van der Waals surface area contributed by atoms with E-state index in [9.17, 15) is 9.59 Å². The van der Waals surface area contributed by atoms with Crippen LogP contribution in [0.3, 0.4) is 0 Å². The number of hydrogen-bond acceptors (Lipinski definition) is 4. The molecular formula is C17H36N4O2. The van der Waals surface area contributed by atoms with Crippen LogP contribution in [0.25, 0.3) is 0 Å². The second-order valence-electron chi connectivity index (χ2n) is 6.26. The van der Waals surface area contributed by atoms with Gasteiger partial charge in [-0.2, -0.15) is 0 Å². The molecule has 0 fully saturated rings. The van der Waals surface area contributed by atoms with Crippen molar-refractivity contribution >= 4 is 11.8 Å². The van der Waals surface area contributed by atoms with Crippen molar-refractivity contribution in [1.29, 1.82) is 0 Å². The molecule has 1 atom stereocenters. The predicted octanol–water partition coefficient (Wildman–Crippen LogP) is 1.29. The molecule has 0 radical (unpaired) electrons. The van der Waals surface area contributed by atoms with Crippen molar-refractivity contribution in [2.75, 3.05) is 19.6 Å². The van der Waals surface area contributed by atoms with E-state index in [-0.39, 0.29) is 11.8 Å². The van der Waals surface area contributed by atoms with Gasteiger partial charge in [-0.25, -0.2) is 0 Å². The Morgan fingerprint density at radius 3 is 2.39 bits per heavy atom. The van der Waals surface area contributed by atoms with Crippen LogP contribution in [0.1, 0.15) is 65.7 Å². The van der Waals surface area contributed by atoms with Crippen molar-refractivity contribution in [3.63, 3.8) is 0 Å². The van der Waals surface area contributed by atoms with Crippen LogP contribution >= 0.6 is 0 Å². The Bertz CT molecular complexity index is 322. The molecule has 5 N–H and O–H groups in total. The summed E-state index contributed by atoms with van der Waals surface area (Å²) >= 11 is 0. The number of nitrogens with one attached hydrogen (secondary N) is 3. The molecule has 136 valence electrons. The number of nitrogens with two attached hydrogens (primary N) is 1. The van der Waals surface area contributed by atoms with Crippen LogP contribution in [0.5, 0.6) is 0 Å². The van der Waals surface area contributed by atoms with Crippen LogP contribution in [-0.4, -0.2) is 43.5 Å². The minimum atomic E-state index is -0.476. The topological polar surface area (TPSA) is 96.2 Å². The summed E-state index contributed by atoms with van der Waals surface area (Å²) in [4.78, 5) is 24.2. The lowest BCUT2D eigenvalue weighted by Gasteiger charge is -2.18. The highest BCUT2D eigenvalue weighted by molar-refractivity contribution is 5.87. The lowest BCUT2D eigenvalue weighted by atomic mass is 10.1. The molecule has 0 unspecified atom stereocenters. The van der Waals surface area contributed by atoms with Crippen LogP contribution in [0.15, 0.2) is 0 Å². The SMILES string of the molecule is CCCCCCNC(=O)[C@H](CCCN)NC(=O)CCNC(C)C. The maximum absolute atomic E-state index is 12.2. The van der Waals surface area contributed by atoms with Gasteiger partial charge in [-0.05, 0) is 25.8 Å². The van der Waals surface area contributed by atoms with Crippen LogP contribution < -0.4 is 21.7 Å². The standard InChI is InChI=1S/C17H36N4O2/c1-4-5-6-7-12-20-17(23)15(9-8-11-18)21-16(22)10-13-19-14(2)3/h14-15,19H,4-13,18H2,1-3H3,(H,20,23)(H,21,22)/t15-/m0/s1. The van der Waals surface area contributed by atoms with Crippen LogP contribution in [0, 0.1) is 0 Å². The Balaban J connectivity index is 4.16. The molecule has 0 aliphatic heterocycles. The van der Waals surface area contributed by atoms with E-state index in [0.717, 1.165) is 19.3 Å². The second-order valence-corrected chi connectivity index (χ2v) is 6.26.